The van der Waals surface area contributed by atoms with Crippen LogP contribution in [-0.2, 0) is 24.4 Å². The van der Waals surface area contributed by atoms with Gasteiger partial charge in [0, 0.05) is 12.6 Å². The molecule has 2 amide bonds. The number of amides is 2. The molecular formula is C12H15N5O4. The molecule has 0 saturated heterocycles. The predicted octanol–water partition coefficient (Wildman–Crippen LogP) is 0.297. The molecule has 0 spiro atoms. The average Bonchev–Trinajstić information content (AvgIpc) is 3.07. The molecule has 2 aromatic heterocycles. The fourth-order valence-corrected chi connectivity index (χ4v) is 1.66. The van der Waals surface area contributed by atoms with Crippen LogP contribution < -0.4 is 5.32 Å². The molecule has 0 unspecified atom stereocenters. The summed E-state index contributed by atoms with van der Waals surface area (Å²) in [5.41, 5.74) is 1.38. The van der Waals surface area contributed by atoms with Crippen LogP contribution in [0.2, 0.25) is 0 Å². The van der Waals surface area contributed by atoms with E-state index in [1.54, 1.807) is 25.6 Å². The highest BCUT2D eigenvalue weighted by Gasteiger charge is 2.11. The number of urea groups is 1. The largest absolute Gasteiger partial charge is 0.480 e. The summed E-state index contributed by atoms with van der Waals surface area (Å²) >= 11 is 0. The van der Waals surface area contributed by atoms with E-state index in [-0.39, 0.29) is 19.1 Å². The van der Waals surface area contributed by atoms with E-state index in [2.05, 4.69) is 15.6 Å². The molecule has 0 atom stereocenters. The highest BCUT2D eigenvalue weighted by molar-refractivity contribution is 5.73. The second-order valence-corrected chi connectivity index (χ2v) is 4.45. The Kier molecular flexibility index (Phi) is 4.54. The summed E-state index contributed by atoms with van der Waals surface area (Å²) in [4.78, 5) is 23.9. The minimum absolute atomic E-state index is 0.175. The first-order valence-electron chi connectivity index (χ1n) is 6.15. The lowest BCUT2D eigenvalue weighted by molar-refractivity contribution is -0.137. The Labute approximate surface area is 120 Å². The van der Waals surface area contributed by atoms with Gasteiger partial charge in [-0.2, -0.15) is 0 Å². The zero-order valence-electron chi connectivity index (χ0n) is 11.4. The van der Waals surface area contributed by atoms with Crippen molar-refractivity contribution in [2.45, 2.75) is 19.6 Å². The van der Waals surface area contributed by atoms with Crippen LogP contribution in [0.15, 0.2) is 29.2 Å². The summed E-state index contributed by atoms with van der Waals surface area (Å²) in [6.45, 7) is 0.337. The van der Waals surface area contributed by atoms with Crippen LogP contribution in [0.4, 0.5) is 4.79 Å². The Morgan fingerprint density at radius 2 is 2.33 bits per heavy atom. The van der Waals surface area contributed by atoms with Gasteiger partial charge < -0.3 is 19.7 Å². The van der Waals surface area contributed by atoms with Crippen molar-refractivity contribution >= 4 is 12.0 Å². The molecular weight excluding hydrogens is 278 g/mol. The number of carboxylic acid groups (broad SMARTS) is 1. The van der Waals surface area contributed by atoms with Gasteiger partial charge in [0.2, 0.25) is 0 Å². The Bertz CT molecular complexity index is 607. The fourth-order valence-electron chi connectivity index (χ4n) is 1.66. The van der Waals surface area contributed by atoms with Crippen LogP contribution in [0.3, 0.4) is 0 Å². The number of aliphatic carboxylic acids is 1. The van der Waals surface area contributed by atoms with Crippen LogP contribution in [0.5, 0.6) is 0 Å². The molecule has 2 N–H and O–H groups in total. The van der Waals surface area contributed by atoms with Crippen molar-refractivity contribution < 1.29 is 19.1 Å². The molecule has 0 fully saturated rings. The number of hydrogen-bond donors (Lipinski definition) is 2. The maximum atomic E-state index is 11.9. The number of carbonyl (C=O) groups is 2. The van der Waals surface area contributed by atoms with Gasteiger partial charge in [-0.15, -0.1) is 5.10 Å². The van der Waals surface area contributed by atoms with Crippen LogP contribution >= 0.6 is 0 Å². The number of carboxylic acids is 1. The normalized spacial score (nSPS) is 10.3. The van der Waals surface area contributed by atoms with Gasteiger partial charge in [0.25, 0.3) is 0 Å². The van der Waals surface area contributed by atoms with Gasteiger partial charge in [-0.05, 0) is 6.07 Å². The summed E-state index contributed by atoms with van der Waals surface area (Å²) in [5.74, 6) is -1.00. The molecule has 9 nitrogen and oxygen atoms in total. The molecule has 21 heavy (non-hydrogen) atoms. The second-order valence-electron chi connectivity index (χ2n) is 4.45. The van der Waals surface area contributed by atoms with E-state index in [1.807, 2.05) is 0 Å². The molecule has 0 aliphatic carbocycles. The van der Waals surface area contributed by atoms with Crippen molar-refractivity contribution in [2.24, 2.45) is 0 Å². The average molecular weight is 293 g/mol. The number of nitrogens with zero attached hydrogens (tertiary/aromatic N) is 4. The highest BCUT2D eigenvalue weighted by atomic mass is 16.4. The van der Waals surface area contributed by atoms with E-state index in [1.165, 1.54) is 15.8 Å². The molecule has 0 radical (unpaired) electrons. The summed E-state index contributed by atoms with van der Waals surface area (Å²) in [7, 11) is 1.66. The second kappa shape index (κ2) is 6.55. The minimum atomic E-state index is -1.00. The van der Waals surface area contributed by atoms with Crippen molar-refractivity contribution in [2.75, 3.05) is 7.05 Å². The predicted molar refractivity (Wildman–Crippen MR) is 70.1 cm³/mol. The number of carbonyl (C=O) groups excluding carboxylic acids is 1. The molecule has 0 aliphatic rings. The zero-order chi connectivity index (χ0) is 15.2. The van der Waals surface area contributed by atoms with Gasteiger partial charge in [-0.3, -0.25) is 4.79 Å². The SMILES string of the molecule is CN(Cc1ccoc1)C(=O)NCc1cn(CC(=O)O)nn1. The van der Waals surface area contributed by atoms with E-state index >= 15 is 0 Å². The first kappa shape index (κ1) is 14.6. The minimum Gasteiger partial charge on any atom is -0.480 e. The summed E-state index contributed by atoms with van der Waals surface area (Å²) in [6.07, 6.45) is 4.59. The van der Waals surface area contributed by atoms with Gasteiger partial charge in [0.15, 0.2) is 0 Å². The maximum Gasteiger partial charge on any atom is 0.325 e. The Morgan fingerprint density at radius 1 is 1.52 bits per heavy atom. The smallest absolute Gasteiger partial charge is 0.325 e. The Morgan fingerprint density at radius 3 is 3.00 bits per heavy atom. The lowest BCUT2D eigenvalue weighted by Crippen LogP contribution is -2.36. The molecule has 0 aromatic carbocycles. The third kappa shape index (κ3) is 4.34. The molecule has 2 heterocycles. The van der Waals surface area contributed by atoms with E-state index < -0.39 is 5.97 Å². The van der Waals surface area contributed by atoms with Crippen LogP contribution in [0, 0.1) is 0 Å². The van der Waals surface area contributed by atoms with E-state index in [9.17, 15) is 9.59 Å². The van der Waals surface area contributed by atoms with E-state index in [0.29, 0.717) is 12.2 Å². The van der Waals surface area contributed by atoms with Crippen molar-refractivity contribution in [3.8, 4) is 0 Å². The molecule has 9 heteroatoms. The standard InChI is InChI=1S/C12H15N5O4/c1-16(5-9-2-3-21-8-9)12(20)13-4-10-6-17(15-14-10)7-11(18)19/h2-3,6,8H,4-5,7H2,1H3,(H,13,20)(H,18,19). The monoisotopic (exact) mass is 293 g/mol. The molecule has 0 saturated carbocycles. The molecule has 112 valence electrons. The fraction of sp³-hybridized carbons (Fsp3) is 0.333. The van der Waals surface area contributed by atoms with Gasteiger partial charge in [-0.1, -0.05) is 5.21 Å². The summed E-state index contributed by atoms with van der Waals surface area (Å²) in [5, 5.41) is 18.7. The lowest BCUT2D eigenvalue weighted by Gasteiger charge is -2.16. The van der Waals surface area contributed by atoms with E-state index in [4.69, 9.17) is 9.52 Å². The first-order valence-corrected chi connectivity index (χ1v) is 6.15. The Balaban J connectivity index is 1.80. The van der Waals surface area contributed by atoms with E-state index in [0.717, 1.165) is 5.56 Å². The van der Waals surface area contributed by atoms with Gasteiger partial charge in [-0.25, -0.2) is 9.48 Å². The topological polar surface area (TPSA) is 113 Å². The van der Waals surface area contributed by atoms with Crippen molar-refractivity contribution in [1.29, 1.82) is 0 Å². The van der Waals surface area contributed by atoms with Gasteiger partial charge in [0.05, 0.1) is 31.8 Å². The molecule has 0 aliphatic heterocycles. The van der Waals surface area contributed by atoms with Crippen LogP contribution in [0.1, 0.15) is 11.3 Å². The van der Waals surface area contributed by atoms with Crippen molar-refractivity contribution in [1.82, 2.24) is 25.2 Å². The van der Waals surface area contributed by atoms with Crippen molar-refractivity contribution in [3.63, 3.8) is 0 Å². The highest BCUT2D eigenvalue weighted by Crippen LogP contribution is 2.04. The van der Waals surface area contributed by atoms with Gasteiger partial charge >= 0.3 is 12.0 Å². The third-order valence-corrected chi connectivity index (χ3v) is 2.65. The molecule has 2 rings (SSSR count). The van der Waals surface area contributed by atoms with Crippen molar-refractivity contribution in [3.05, 3.63) is 36.0 Å². The summed E-state index contributed by atoms with van der Waals surface area (Å²) in [6, 6.07) is 1.50. The number of aromatic nitrogens is 3. The third-order valence-electron chi connectivity index (χ3n) is 2.65. The van der Waals surface area contributed by atoms with Gasteiger partial charge in [0.1, 0.15) is 12.2 Å². The quantitative estimate of drug-likeness (QED) is 0.791. The summed E-state index contributed by atoms with van der Waals surface area (Å²) < 4.78 is 6.12. The number of furan rings is 1. The number of rotatable bonds is 6. The van der Waals surface area contributed by atoms with Crippen LogP contribution in [0.25, 0.3) is 0 Å². The number of hydrogen-bond acceptors (Lipinski definition) is 5. The maximum absolute atomic E-state index is 11.9. The van der Waals surface area contributed by atoms with Crippen LogP contribution in [-0.4, -0.2) is 44.0 Å². The number of nitrogens with one attached hydrogen (secondary N) is 1. The zero-order valence-corrected chi connectivity index (χ0v) is 11.4. The lowest BCUT2D eigenvalue weighted by atomic mass is 10.3. The first-order chi connectivity index (χ1) is 10.0. The molecule has 0 bridgehead atoms. The Hall–Kier alpha value is -2.84. The molecule has 2 aromatic rings.